The Morgan fingerprint density at radius 3 is 2.64 bits per heavy atom. The molecule has 0 unspecified atom stereocenters. The van der Waals surface area contributed by atoms with Crippen molar-refractivity contribution < 1.29 is 22.4 Å². The molecular formula is C18H10ClF3O2S. The van der Waals surface area contributed by atoms with Gasteiger partial charge in [0.1, 0.15) is 11.5 Å². The SMILES string of the molecule is O=C(/C=C\c1ccc(-c2cc(C(F)(F)F)ccc2Cl)o1)c1cccs1. The van der Waals surface area contributed by atoms with E-state index in [0.717, 1.165) is 12.1 Å². The maximum Gasteiger partial charge on any atom is 0.416 e. The Hall–Kier alpha value is -2.31. The van der Waals surface area contributed by atoms with Gasteiger partial charge < -0.3 is 4.42 Å². The Morgan fingerprint density at radius 2 is 1.96 bits per heavy atom. The van der Waals surface area contributed by atoms with E-state index in [1.807, 2.05) is 0 Å². The number of rotatable bonds is 4. The van der Waals surface area contributed by atoms with Gasteiger partial charge in [0, 0.05) is 5.56 Å². The number of halogens is 4. The quantitative estimate of drug-likeness (QED) is 0.377. The Morgan fingerprint density at radius 1 is 1.16 bits per heavy atom. The maximum atomic E-state index is 12.8. The van der Waals surface area contributed by atoms with Crippen LogP contribution in [-0.2, 0) is 6.18 Å². The Kier molecular flexibility index (Phi) is 4.83. The first-order valence-electron chi connectivity index (χ1n) is 7.07. The second kappa shape index (κ2) is 6.90. The van der Waals surface area contributed by atoms with Gasteiger partial charge in [0.05, 0.1) is 15.5 Å². The zero-order valence-electron chi connectivity index (χ0n) is 12.5. The van der Waals surface area contributed by atoms with Gasteiger partial charge in [-0.1, -0.05) is 17.7 Å². The van der Waals surface area contributed by atoms with E-state index >= 15 is 0 Å². The lowest BCUT2D eigenvalue weighted by atomic mass is 10.1. The lowest BCUT2D eigenvalue weighted by Crippen LogP contribution is -2.04. The van der Waals surface area contributed by atoms with Crippen LogP contribution in [0.1, 0.15) is 21.0 Å². The van der Waals surface area contributed by atoms with Gasteiger partial charge >= 0.3 is 6.18 Å². The third-order valence-corrected chi connectivity index (χ3v) is 4.56. The normalized spacial score (nSPS) is 12.0. The molecule has 128 valence electrons. The minimum absolute atomic E-state index is 0.140. The van der Waals surface area contributed by atoms with Gasteiger partial charge in [-0.15, -0.1) is 11.3 Å². The predicted molar refractivity (Wildman–Crippen MR) is 91.8 cm³/mol. The molecule has 0 aliphatic heterocycles. The van der Waals surface area contributed by atoms with Crippen LogP contribution < -0.4 is 0 Å². The average Bonchev–Trinajstić information content (AvgIpc) is 3.24. The fourth-order valence-electron chi connectivity index (χ4n) is 2.14. The molecular weight excluding hydrogens is 373 g/mol. The minimum Gasteiger partial charge on any atom is -0.457 e. The van der Waals surface area contributed by atoms with E-state index in [9.17, 15) is 18.0 Å². The zero-order chi connectivity index (χ0) is 18.0. The number of allylic oxidation sites excluding steroid dienone is 1. The third kappa shape index (κ3) is 4.03. The van der Waals surface area contributed by atoms with Crippen molar-refractivity contribution in [2.45, 2.75) is 6.18 Å². The highest BCUT2D eigenvalue weighted by Gasteiger charge is 2.31. The number of carbonyl (C=O) groups excluding carboxylic acids is 1. The molecule has 3 rings (SSSR count). The summed E-state index contributed by atoms with van der Waals surface area (Å²) in [5.74, 6) is 0.359. The molecule has 0 fully saturated rings. The highest BCUT2D eigenvalue weighted by molar-refractivity contribution is 7.12. The molecule has 1 aromatic carbocycles. The Labute approximate surface area is 150 Å². The molecule has 0 N–H and O–H groups in total. The average molecular weight is 383 g/mol. The molecule has 7 heteroatoms. The summed E-state index contributed by atoms with van der Waals surface area (Å²) in [7, 11) is 0. The van der Waals surface area contributed by atoms with Crippen molar-refractivity contribution in [1.82, 2.24) is 0 Å². The first kappa shape index (κ1) is 17.5. The lowest BCUT2D eigenvalue weighted by Gasteiger charge is -2.09. The molecule has 0 spiro atoms. The fraction of sp³-hybridized carbons (Fsp3) is 0.0556. The molecule has 3 aromatic rings. The van der Waals surface area contributed by atoms with E-state index < -0.39 is 11.7 Å². The molecule has 2 nitrogen and oxygen atoms in total. The van der Waals surface area contributed by atoms with E-state index in [4.69, 9.17) is 16.0 Å². The highest BCUT2D eigenvalue weighted by atomic mass is 35.5. The van der Waals surface area contributed by atoms with Crippen molar-refractivity contribution in [3.63, 3.8) is 0 Å². The smallest absolute Gasteiger partial charge is 0.416 e. The molecule has 0 radical (unpaired) electrons. The lowest BCUT2D eigenvalue weighted by molar-refractivity contribution is -0.137. The number of alkyl halides is 3. The van der Waals surface area contributed by atoms with E-state index in [-0.39, 0.29) is 22.1 Å². The molecule has 0 aliphatic rings. The second-order valence-corrected chi connectivity index (χ2v) is 6.42. The predicted octanol–water partition coefficient (Wildman–Crippen LogP) is 6.58. The summed E-state index contributed by atoms with van der Waals surface area (Å²) >= 11 is 7.31. The summed E-state index contributed by atoms with van der Waals surface area (Å²) in [6.07, 6.45) is -1.66. The monoisotopic (exact) mass is 382 g/mol. The van der Waals surface area contributed by atoms with Gasteiger partial charge in [0.2, 0.25) is 0 Å². The number of thiophene rings is 1. The van der Waals surface area contributed by atoms with E-state index in [0.29, 0.717) is 10.6 Å². The number of carbonyl (C=O) groups is 1. The topological polar surface area (TPSA) is 30.2 Å². The van der Waals surface area contributed by atoms with Gasteiger partial charge in [-0.2, -0.15) is 13.2 Å². The Bertz CT molecular complexity index is 924. The highest BCUT2D eigenvalue weighted by Crippen LogP contribution is 2.36. The van der Waals surface area contributed by atoms with Gasteiger partial charge in [-0.25, -0.2) is 0 Å². The van der Waals surface area contributed by atoms with E-state index in [1.54, 1.807) is 23.6 Å². The van der Waals surface area contributed by atoms with Crippen molar-refractivity contribution in [2.24, 2.45) is 0 Å². The van der Waals surface area contributed by atoms with Crippen molar-refractivity contribution >= 4 is 34.8 Å². The van der Waals surface area contributed by atoms with Crippen molar-refractivity contribution in [1.29, 1.82) is 0 Å². The summed E-state index contributed by atoms with van der Waals surface area (Å²) < 4.78 is 44.0. The molecule has 0 saturated carbocycles. The fourth-order valence-corrected chi connectivity index (χ4v) is 2.99. The van der Waals surface area contributed by atoms with E-state index in [1.165, 1.54) is 35.6 Å². The van der Waals surface area contributed by atoms with Crippen LogP contribution in [0.15, 0.2) is 58.3 Å². The van der Waals surface area contributed by atoms with Crippen LogP contribution in [0.5, 0.6) is 0 Å². The second-order valence-electron chi connectivity index (χ2n) is 5.07. The molecule has 25 heavy (non-hydrogen) atoms. The van der Waals surface area contributed by atoms with Crippen LogP contribution in [0.4, 0.5) is 13.2 Å². The maximum absolute atomic E-state index is 12.8. The zero-order valence-corrected chi connectivity index (χ0v) is 14.1. The third-order valence-electron chi connectivity index (χ3n) is 3.35. The summed E-state index contributed by atoms with van der Waals surface area (Å²) in [4.78, 5) is 12.5. The van der Waals surface area contributed by atoms with E-state index in [2.05, 4.69) is 0 Å². The number of hydrogen-bond donors (Lipinski definition) is 0. The first-order chi connectivity index (χ1) is 11.8. The van der Waals surface area contributed by atoms with Gasteiger partial charge in [0.15, 0.2) is 5.78 Å². The number of furan rings is 1. The van der Waals surface area contributed by atoms with Gasteiger partial charge in [0.25, 0.3) is 0 Å². The van der Waals surface area contributed by atoms with Crippen LogP contribution in [0, 0.1) is 0 Å². The summed E-state index contributed by atoms with van der Waals surface area (Å²) in [5, 5.41) is 1.94. The van der Waals surface area contributed by atoms with Gasteiger partial charge in [-0.3, -0.25) is 4.79 Å². The summed E-state index contributed by atoms with van der Waals surface area (Å²) in [6.45, 7) is 0. The van der Waals surface area contributed by atoms with Crippen molar-refractivity contribution in [3.05, 3.63) is 75.1 Å². The largest absolute Gasteiger partial charge is 0.457 e. The van der Waals surface area contributed by atoms with Crippen LogP contribution >= 0.6 is 22.9 Å². The Balaban J connectivity index is 1.85. The number of ketones is 1. The molecule has 0 bridgehead atoms. The molecule has 0 amide bonds. The molecule has 0 saturated heterocycles. The molecule has 0 aliphatic carbocycles. The summed E-state index contributed by atoms with van der Waals surface area (Å²) in [5.41, 5.74) is -0.672. The number of hydrogen-bond acceptors (Lipinski definition) is 3. The van der Waals surface area contributed by atoms with Crippen LogP contribution in [-0.4, -0.2) is 5.78 Å². The first-order valence-corrected chi connectivity index (χ1v) is 8.33. The van der Waals surface area contributed by atoms with Crippen molar-refractivity contribution in [3.8, 4) is 11.3 Å². The number of benzene rings is 1. The standard InChI is InChI=1S/C18H10ClF3O2S/c19-14-6-3-11(18(20,21)22)10-13(14)16-8-5-12(24-16)4-7-15(23)17-2-1-9-25-17/h1-10H/b7-4-. The molecule has 2 heterocycles. The van der Waals surface area contributed by atoms with Crippen LogP contribution in [0.25, 0.3) is 17.4 Å². The minimum atomic E-state index is -4.47. The van der Waals surface area contributed by atoms with Gasteiger partial charge in [-0.05, 0) is 53.9 Å². The van der Waals surface area contributed by atoms with Crippen molar-refractivity contribution in [2.75, 3.05) is 0 Å². The summed E-state index contributed by atoms with van der Waals surface area (Å²) in [6, 6.07) is 9.57. The molecule has 2 aromatic heterocycles. The molecule has 0 atom stereocenters. The van der Waals surface area contributed by atoms with Crippen LogP contribution in [0.2, 0.25) is 5.02 Å². The van der Waals surface area contributed by atoms with Crippen LogP contribution in [0.3, 0.4) is 0 Å².